The summed E-state index contributed by atoms with van der Waals surface area (Å²) < 4.78 is 5.01. The molecule has 1 aromatic carbocycles. The molecule has 0 saturated heterocycles. The first-order chi connectivity index (χ1) is 9.58. The van der Waals surface area contributed by atoms with Crippen molar-refractivity contribution in [2.24, 2.45) is 4.99 Å². The molecular weight excluding hydrogens is 377 g/mol. The zero-order valence-corrected chi connectivity index (χ0v) is 16.1. The molecule has 2 N–H and O–H groups in total. The number of benzene rings is 1. The lowest BCUT2D eigenvalue weighted by Gasteiger charge is -2.14. The Kier molecular flexibility index (Phi) is 10.4. The maximum Gasteiger partial charge on any atom is 0.191 e. The smallest absolute Gasteiger partial charge is 0.191 e. The van der Waals surface area contributed by atoms with E-state index in [1.54, 1.807) is 14.2 Å². The van der Waals surface area contributed by atoms with Crippen LogP contribution in [0.2, 0.25) is 0 Å². The summed E-state index contributed by atoms with van der Waals surface area (Å²) in [6.07, 6.45) is 1.00. The average molecular weight is 405 g/mol. The fourth-order valence-corrected chi connectivity index (χ4v) is 2.40. The molecule has 1 aromatic rings. The molecule has 5 heteroatoms. The predicted octanol–water partition coefficient (Wildman–Crippen LogP) is 2.58. The maximum absolute atomic E-state index is 5.01. The van der Waals surface area contributed by atoms with Crippen LogP contribution in [0.3, 0.4) is 0 Å². The van der Waals surface area contributed by atoms with Crippen LogP contribution in [0.25, 0.3) is 0 Å². The maximum atomic E-state index is 5.01. The lowest BCUT2D eigenvalue weighted by Crippen LogP contribution is -2.39. The minimum atomic E-state index is 0. The molecule has 4 nitrogen and oxygen atoms in total. The molecule has 0 radical (unpaired) electrons. The molecule has 0 amide bonds. The van der Waals surface area contributed by atoms with E-state index < -0.39 is 0 Å². The van der Waals surface area contributed by atoms with Gasteiger partial charge in [-0.2, -0.15) is 0 Å². The molecule has 0 aliphatic rings. The molecule has 21 heavy (non-hydrogen) atoms. The number of ether oxygens (including phenoxy) is 1. The van der Waals surface area contributed by atoms with Crippen molar-refractivity contribution in [2.45, 2.75) is 27.2 Å². The van der Waals surface area contributed by atoms with Crippen LogP contribution in [0, 0.1) is 20.8 Å². The first-order valence-electron chi connectivity index (χ1n) is 7.08. The normalized spacial score (nSPS) is 11.0. The fourth-order valence-electron chi connectivity index (χ4n) is 2.40. The first kappa shape index (κ1) is 20.2. The molecule has 0 fully saturated rings. The van der Waals surface area contributed by atoms with Crippen molar-refractivity contribution >= 4 is 29.9 Å². The zero-order chi connectivity index (χ0) is 15.0. The molecule has 0 aromatic heterocycles. The predicted molar refractivity (Wildman–Crippen MR) is 101 cm³/mol. The van der Waals surface area contributed by atoms with E-state index in [0.717, 1.165) is 25.5 Å². The van der Waals surface area contributed by atoms with Gasteiger partial charge in [-0.3, -0.25) is 4.99 Å². The van der Waals surface area contributed by atoms with Crippen LogP contribution in [-0.2, 0) is 11.2 Å². The second-order valence-electron chi connectivity index (χ2n) is 5.05. The molecule has 0 unspecified atom stereocenters. The third-order valence-electron chi connectivity index (χ3n) is 3.33. The van der Waals surface area contributed by atoms with E-state index in [1.807, 2.05) is 0 Å². The summed E-state index contributed by atoms with van der Waals surface area (Å²) in [6, 6.07) is 4.49. The lowest BCUT2D eigenvalue weighted by molar-refractivity contribution is 0.203. The van der Waals surface area contributed by atoms with E-state index in [9.17, 15) is 0 Å². The van der Waals surface area contributed by atoms with E-state index in [1.165, 1.54) is 22.3 Å². The Morgan fingerprint density at radius 2 is 1.67 bits per heavy atom. The number of methoxy groups -OCH3 is 1. The van der Waals surface area contributed by atoms with E-state index >= 15 is 0 Å². The molecule has 0 saturated carbocycles. The summed E-state index contributed by atoms with van der Waals surface area (Å²) in [5, 5.41) is 6.54. The molecule has 1 rings (SSSR count). The third-order valence-corrected chi connectivity index (χ3v) is 3.33. The highest BCUT2D eigenvalue weighted by Gasteiger charge is 2.04. The SMILES string of the molecule is CN=C(NCCOC)NCCc1c(C)cc(C)cc1C.I. The van der Waals surface area contributed by atoms with Crippen LogP contribution in [0.5, 0.6) is 0 Å². The highest BCUT2D eigenvalue weighted by molar-refractivity contribution is 14.0. The minimum Gasteiger partial charge on any atom is -0.383 e. The second-order valence-corrected chi connectivity index (χ2v) is 5.05. The number of hydrogen-bond donors (Lipinski definition) is 2. The second kappa shape index (κ2) is 10.8. The quantitative estimate of drug-likeness (QED) is 0.331. The number of aryl methyl sites for hydroxylation is 3. The van der Waals surface area contributed by atoms with Gasteiger partial charge in [-0.05, 0) is 43.9 Å². The van der Waals surface area contributed by atoms with Gasteiger partial charge in [-0.1, -0.05) is 17.7 Å². The van der Waals surface area contributed by atoms with Gasteiger partial charge < -0.3 is 15.4 Å². The summed E-state index contributed by atoms with van der Waals surface area (Å²) in [7, 11) is 3.48. The van der Waals surface area contributed by atoms with Crippen LogP contribution < -0.4 is 10.6 Å². The number of rotatable bonds is 6. The zero-order valence-electron chi connectivity index (χ0n) is 13.7. The number of nitrogens with zero attached hydrogens (tertiary/aromatic N) is 1. The molecule has 0 heterocycles. The Bertz CT molecular complexity index is 438. The monoisotopic (exact) mass is 405 g/mol. The van der Waals surface area contributed by atoms with Gasteiger partial charge in [-0.15, -0.1) is 24.0 Å². The first-order valence-corrected chi connectivity index (χ1v) is 7.08. The summed E-state index contributed by atoms with van der Waals surface area (Å²) in [6.45, 7) is 8.82. The van der Waals surface area contributed by atoms with Crippen LogP contribution in [-0.4, -0.2) is 39.8 Å². The number of aliphatic imine (C=N–C) groups is 1. The Balaban J connectivity index is 0.00000400. The van der Waals surface area contributed by atoms with Crippen molar-refractivity contribution in [3.05, 3.63) is 34.4 Å². The van der Waals surface area contributed by atoms with Gasteiger partial charge in [-0.25, -0.2) is 0 Å². The molecule has 0 spiro atoms. The average Bonchev–Trinajstić information content (AvgIpc) is 2.39. The van der Waals surface area contributed by atoms with Gasteiger partial charge in [0.1, 0.15) is 0 Å². The largest absolute Gasteiger partial charge is 0.383 e. The van der Waals surface area contributed by atoms with Crippen LogP contribution in [0.4, 0.5) is 0 Å². The van der Waals surface area contributed by atoms with Gasteiger partial charge in [0, 0.05) is 27.2 Å². The van der Waals surface area contributed by atoms with Crippen molar-refractivity contribution in [1.82, 2.24) is 10.6 Å². The van der Waals surface area contributed by atoms with E-state index in [4.69, 9.17) is 4.74 Å². The van der Waals surface area contributed by atoms with Gasteiger partial charge in [0.05, 0.1) is 6.61 Å². The van der Waals surface area contributed by atoms with Crippen molar-refractivity contribution in [3.8, 4) is 0 Å². The standard InChI is InChI=1S/C16H27N3O.HI/c1-12-10-13(2)15(14(3)11-12)6-7-18-16(17-4)19-8-9-20-5;/h10-11H,6-9H2,1-5H3,(H2,17,18,19);1H. The van der Waals surface area contributed by atoms with Gasteiger partial charge in [0.2, 0.25) is 0 Å². The highest BCUT2D eigenvalue weighted by Crippen LogP contribution is 2.16. The summed E-state index contributed by atoms with van der Waals surface area (Å²) >= 11 is 0. The van der Waals surface area contributed by atoms with Gasteiger partial charge in [0.25, 0.3) is 0 Å². The van der Waals surface area contributed by atoms with Crippen molar-refractivity contribution < 1.29 is 4.74 Å². The molecule has 0 atom stereocenters. The topological polar surface area (TPSA) is 45.7 Å². The molecule has 0 bridgehead atoms. The summed E-state index contributed by atoms with van der Waals surface area (Å²) in [4.78, 5) is 4.19. The van der Waals surface area contributed by atoms with Crippen molar-refractivity contribution in [3.63, 3.8) is 0 Å². The minimum absolute atomic E-state index is 0. The number of hydrogen-bond acceptors (Lipinski definition) is 2. The molecule has 0 aliphatic carbocycles. The molecule has 0 aliphatic heterocycles. The van der Waals surface area contributed by atoms with Crippen LogP contribution in [0.15, 0.2) is 17.1 Å². The Morgan fingerprint density at radius 1 is 1.10 bits per heavy atom. The van der Waals surface area contributed by atoms with Gasteiger partial charge >= 0.3 is 0 Å². The highest BCUT2D eigenvalue weighted by atomic mass is 127. The van der Waals surface area contributed by atoms with Crippen molar-refractivity contribution in [2.75, 3.05) is 33.9 Å². The fraction of sp³-hybridized carbons (Fsp3) is 0.562. The summed E-state index contributed by atoms with van der Waals surface area (Å²) in [5.74, 6) is 0.824. The molecule has 120 valence electrons. The Morgan fingerprint density at radius 3 is 2.19 bits per heavy atom. The number of nitrogens with one attached hydrogen (secondary N) is 2. The van der Waals surface area contributed by atoms with Crippen LogP contribution in [0.1, 0.15) is 22.3 Å². The Hall–Kier alpha value is -0.820. The lowest BCUT2D eigenvalue weighted by atomic mass is 9.97. The Labute approximate surface area is 145 Å². The van der Waals surface area contributed by atoms with Crippen molar-refractivity contribution in [1.29, 1.82) is 0 Å². The molecular formula is C16H28IN3O. The van der Waals surface area contributed by atoms with E-state index in [2.05, 4.69) is 48.5 Å². The van der Waals surface area contributed by atoms with E-state index in [-0.39, 0.29) is 24.0 Å². The van der Waals surface area contributed by atoms with Gasteiger partial charge in [0.15, 0.2) is 5.96 Å². The number of halogens is 1. The number of guanidine groups is 1. The third kappa shape index (κ3) is 7.13. The summed E-state index contributed by atoms with van der Waals surface area (Å²) in [5.41, 5.74) is 5.49. The van der Waals surface area contributed by atoms with Crippen LogP contribution >= 0.6 is 24.0 Å². The van der Waals surface area contributed by atoms with E-state index in [0.29, 0.717) is 6.61 Å².